The molecule has 19 heavy (non-hydrogen) atoms. The Morgan fingerprint density at radius 1 is 1.16 bits per heavy atom. The second kappa shape index (κ2) is 6.95. The molecule has 0 amide bonds. The predicted molar refractivity (Wildman–Crippen MR) is 81.6 cm³/mol. The van der Waals surface area contributed by atoms with Gasteiger partial charge in [0.05, 0.1) is 12.7 Å². The van der Waals surface area contributed by atoms with Crippen LogP contribution in [0, 0.1) is 18.8 Å². The summed E-state index contributed by atoms with van der Waals surface area (Å²) in [4.78, 5) is 0. The van der Waals surface area contributed by atoms with Crippen LogP contribution in [-0.2, 0) is 4.74 Å². The van der Waals surface area contributed by atoms with Crippen molar-refractivity contribution in [3.05, 3.63) is 29.8 Å². The van der Waals surface area contributed by atoms with Crippen molar-refractivity contribution in [2.24, 2.45) is 11.8 Å². The summed E-state index contributed by atoms with van der Waals surface area (Å²) in [7, 11) is 0. The molecule has 106 valence electrons. The Hall–Kier alpha value is -1.02. The van der Waals surface area contributed by atoms with Gasteiger partial charge in [0, 0.05) is 12.2 Å². The minimum Gasteiger partial charge on any atom is -0.383 e. The number of hydrogen-bond acceptors (Lipinski definition) is 2. The van der Waals surface area contributed by atoms with Gasteiger partial charge in [-0.1, -0.05) is 26.0 Å². The fourth-order valence-electron chi connectivity index (χ4n) is 3.19. The maximum absolute atomic E-state index is 6.01. The maximum atomic E-state index is 6.01. The van der Waals surface area contributed by atoms with E-state index in [1.807, 2.05) is 0 Å². The number of aryl methyl sites for hydroxylation is 1. The molecule has 0 spiro atoms. The molecule has 0 heterocycles. The van der Waals surface area contributed by atoms with Crippen LogP contribution in [0.25, 0.3) is 0 Å². The second-order valence-electron chi connectivity index (χ2n) is 6.21. The van der Waals surface area contributed by atoms with Crippen LogP contribution in [0.15, 0.2) is 24.3 Å². The molecule has 0 bridgehead atoms. The molecule has 2 unspecified atom stereocenters. The molecule has 0 radical (unpaired) electrons. The van der Waals surface area contributed by atoms with Crippen molar-refractivity contribution in [2.75, 3.05) is 18.5 Å². The third-order valence-corrected chi connectivity index (χ3v) is 3.94. The van der Waals surface area contributed by atoms with Gasteiger partial charge in [0.2, 0.25) is 0 Å². The summed E-state index contributed by atoms with van der Waals surface area (Å²) in [6, 6.07) is 8.48. The van der Waals surface area contributed by atoms with Crippen LogP contribution in [0.2, 0.25) is 0 Å². The number of hydrogen-bond donors (Lipinski definition) is 1. The van der Waals surface area contributed by atoms with Crippen molar-refractivity contribution in [3.63, 3.8) is 0 Å². The van der Waals surface area contributed by atoms with Crippen molar-refractivity contribution in [1.29, 1.82) is 0 Å². The van der Waals surface area contributed by atoms with E-state index in [1.54, 1.807) is 0 Å². The van der Waals surface area contributed by atoms with Gasteiger partial charge in [0.15, 0.2) is 0 Å². The van der Waals surface area contributed by atoms with Crippen molar-refractivity contribution in [1.82, 2.24) is 0 Å². The average molecular weight is 261 g/mol. The van der Waals surface area contributed by atoms with E-state index < -0.39 is 0 Å². The van der Waals surface area contributed by atoms with Gasteiger partial charge in [-0.15, -0.1) is 0 Å². The second-order valence-corrected chi connectivity index (χ2v) is 6.21. The van der Waals surface area contributed by atoms with Crippen molar-refractivity contribution >= 4 is 5.69 Å². The lowest BCUT2D eigenvalue weighted by atomic mass is 9.82. The highest BCUT2D eigenvalue weighted by atomic mass is 16.5. The normalized spacial score (nSPS) is 27.2. The zero-order chi connectivity index (χ0) is 13.7. The standard InChI is InChI=1S/C17H27NO/c1-13-5-4-6-16(10-13)18-7-8-19-17-11-14(2)9-15(3)12-17/h4-6,10,14-15,17-18H,7-9,11-12H2,1-3H3. The molecule has 1 aromatic carbocycles. The van der Waals surface area contributed by atoms with E-state index in [0.717, 1.165) is 25.0 Å². The highest BCUT2D eigenvalue weighted by Crippen LogP contribution is 2.30. The highest BCUT2D eigenvalue weighted by molar-refractivity contribution is 5.45. The Morgan fingerprint density at radius 2 is 1.89 bits per heavy atom. The van der Waals surface area contributed by atoms with Crippen LogP contribution in [0.3, 0.4) is 0 Å². The number of benzene rings is 1. The van der Waals surface area contributed by atoms with Crippen molar-refractivity contribution < 1.29 is 4.74 Å². The molecule has 1 saturated carbocycles. The van der Waals surface area contributed by atoms with E-state index in [0.29, 0.717) is 6.10 Å². The number of ether oxygens (including phenoxy) is 1. The molecule has 2 nitrogen and oxygen atoms in total. The maximum Gasteiger partial charge on any atom is 0.0642 e. The van der Waals surface area contributed by atoms with E-state index in [9.17, 15) is 0 Å². The van der Waals surface area contributed by atoms with E-state index in [2.05, 4.69) is 50.4 Å². The third kappa shape index (κ3) is 4.87. The van der Waals surface area contributed by atoms with Crippen LogP contribution in [0.5, 0.6) is 0 Å². The number of rotatable bonds is 5. The molecule has 2 atom stereocenters. The van der Waals surface area contributed by atoms with Gasteiger partial charge in [-0.25, -0.2) is 0 Å². The molecular formula is C17H27NO. The first kappa shape index (κ1) is 14.4. The van der Waals surface area contributed by atoms with Gasteiger partial charge in [-0.05, 0) is 55.7 Å². The van der Waals surface area contributed by atoms with E-state index in [4.69, 9.17) is 4.74 Å². The highest BCUT2D eigenvalue weighted by Gasteiger charge is 2.24. The minimum absolute atomic E-state index is 0.470. The quantitative estimate of drug-likeness (QED) is 0.800. The van der Waals surface area contributed by atoms with E-state index in [-0.39, 0.29) is 0 Å². The first-order valence-corrected chi connectivity index (χ1v) is 7.55. The van der Waals surface area contributed by atoms with E-state index in [1.165, 1.54) is 30.5 Å². The number of anilines is 1. The molecule has 1 aliphatic carbocycles. The molecule has 1 N–H and O–H groups in total. The summed E-state index contributed by atoms with van der Waals surface area (Å²) in [5, 5.41) is 3.42. The van der Waals surface area contributed by atoms with Crippen LogP contribution < -0.4 is 5.32 Å². The summed E-state index contributed by atoms with van der Waals surface area (Å²) < 4.78 is 6.01. The largest absolute Gasteiger partial charge is 0.383 e. The summed E-state index contributed by atoms with van der Waals surface area (Å²) in [5.74, 6) is 1.64. The van der Waals surface area contributed by atoms with Gasteiger partial charge in [0.1, 0.15) is 0 Å². The van der Waals surface area contributed by atoms with Crippen molar-refractivity contribution in [2.45, 2.75) is 46.1 Å². The Labute approximate surface area is 117 Å². The fourth-order valence-corrected chi connectivity index (χ4v) is 3.19. The topological polar surface area (TPSA) is 21.3 Å². The monoisotopic (exact) mass is 261 g/mol. The fraction of sp³-hybridized carbons (Fsp3) is 0.647. The minimum atomic E-state index is 0.470. The molecule has 0 aliphatic heterocycles. The Morgan fingerprint density at radius 3 is 2.58 bits per heavy atom. The van der Waals surface area contributed by atoms with Crippen LogP contribution in [0.1, 0.15) is 38.7 Å². The van der Waals surface area contributed by atoms with Gasteiger partial charge >= 0.3 is 0 Å². The smallest absolute Gasteiger partial charge is 0.0642 e. The Balaban J connectivity index is 1.66. The Kier molecular flexibility index (Phi) is 5.26. The first-order valence-electron chi connectivity index (χ1n) is 7.55. The predicted octanol–water partition coefficient (Wildman–Crippen LogP) is 4.25. The third-order valence-electron chi connectivity index (χ3n) is 3.94. The molecular weight excluding hydrogens is 234 g/mol. The molecule has 1 fully saturated rings. The Bertz CT molecular complexity index is 381. The lowest BCUT2D eigenvalue weighted by molar-refractivity contribution is 0.00618. The molecule has 1 aliphatic rings. The summed E-state index contributed by atoms with van der Waals surface area (Å²) in [6.45, 7) is 8.50. The average Bonchev–Trinajstić information content (AvgIpc) is 2.34. The van der Waals surface area contributed by atoms with Crippen LogP contribution in [0.4, 0.5) is 5.69 Å². The number of nitrogens with one attached hydrogen (secondary N) is 1. The molecule has 0 saturated heterocycles. The summed E-state index contributed by atoms with van der Waals surface area (Å²) in [5.41, 5.74) is 2.48. The molecule has 2 heteroatoms. The first-order chi connectivity index (χ1) is 9.13. The van der Waals surface area contributed by atoms with Gasteiger partial charge < -0.3 is 10.1 Å². The van der Waals surface area contributed by atoms with Crippen molar-refractivity contribution in [3.8, 4) is 0 Å². The zero-order valence-electron chi connectivity index (χ0n) is 12.5. The van der Waals surface area contributed by atoms with Gasteiger partial charge in [0.25, 0.3) is 0 Å². The van der Waals surface area contributed by atoms with Gasteiger partial charge in [-0.3, -0.25) is 0 Å². The molecule has 1 aromatic rings. The van der Waals surface area contributed by atoms with E-state index >= 15 is 0 Å². The lowest BCUT2D eigenvalue weighted by Gasteiger charge is -2.31. The molecule has 0 aromatic heterocycles. The van der Waals surface area contributed by atoms with Gasteiger partial charge in [-0.2, -0.15) is 0 Å². The lowest BCUT2D eigenvalue weighted by Crippen LogP contribution is -2.27. The SMILES string of the molecule is Cc1cccc(NCCOC2CC(C)CC(C)C2)c1. The van der Waals surface area contributed by atoms with Crippen LogP contribution in [-0.4, -0.2) is 19.3 Å². The van der Waals surface area contributed by atoms with Crippen LogP contribution >= 0.6 is 0 Å². The summed E-state index contributed by atoms with van der Waals surface area (Å²) in [6.07, 6.45) is 4.29. The molecule has 2 rings (SSSR count). The zero-order valence-corrected chi connectivity index (χ0v) is 12.5. The summed E-state index contributed by atoms with van der Waals surface area (Å²) >= 11 is 0.